The molecule has 0 spiro atoms. The summed E-state index contributed by atoms with van der Waals surface area (Å²) in [6, 6.07) is 4.44. The van der Waals surface area contributed by atoms with Gasteiger partial charge in [0.15, 0.2) is 0 Å². The predicted octanol–water partition coefficient (Wildman–Crippen LogP) is 3.90. The zero-order valence-corrected chi connectivity index (χ0v) is 11.8. The van der Waals surface area contributed by atoms with Crippen LogP contribution in [0.15, 0.2) is 22.7 Å². The summed E-state index contributed by atoms with van der Waals surface area (Å²) < 4.78 is 13.7. The zero-order valence-electron chi connectivity index (χ0n) is 10.2. The Morgan fingerprint density at radius 3 is 2.78 bits per heavy atom. The first kappa shape index (κ1) is 13.5. The number of hydrogen-bond donors (Lipinski definition) is 1. The van der Waals surface area contributed by atoms with Crippen LogP contribution in [0.5, 0.6) is 0 Å². The Kier molecular flexibility index (Phi) is 4.75. The van der Waals surface area contributed by atoms with Gasteiger partial charge in [-0.25, -0.2) is 4.39 Å². The zero-order chi connectivity index (χ0) is 13.0. The summed E-state index contributed by atoms with van der Waals surface area (Å²) in [6.45, 7) is 0.682. The van der Waals surface area contributed by atoms with Gasteiger partial charge in [0.1, 0.15) is 5.82 Å². The maximum Gasteiger partial charge on any atom is 0.251 e. The molecule has 0 saturated heterocycles. The van der Waals surface area contributed by atoms with Crippen molar-refractivity contribution < 1.29 is 9.18 Å². The van der Waals surface area contributed by atoms with E-state index in [1.165, 1.54) is 31.7 Å². The van der Waals surface area contributed by atoms with Gasteiger partial charge in [0, 0.05) is 12.1 Å². The molecule has 1 aliphatic rings. The van der Waals surface area contributed by atoms with Crippen molar-refractivity contribution in [2.24, 2.45) is 5.92 Å². The van der Waals surface area contributed by atoms with Crippen LogP contribution in [0.3, 0.4) is 0 Å². The lowest BCUT2D eigenvalue weighted by Gasteiger charge is -2.10. The summed E-state index contributed by atoms with van der Waals surface area (Å²) in [5, 5.41) is 2.85. The van der Waals surface area contributed by atoms with Gasteiger partial charge in [-0.3, -0.25) is 4.79 Å². The summed E-state index contributed by atoms with van der Waals surface area (Å²) in [4.78, 5) is 11.8. The monoisotopic (exact) mass is 313 g/mol. The van der Waals surface area contributed by atoms with Crippen LogP contribution in [-0.2, 0) is 0 Å². The van der Waals surface area contributed by atoms with E-state index in [1.54, 1.807) is 12.1 Å². The fraction of sp³-hybridized carbons (Fsp3) is 0.500. The topological polar surface area (TPSA) is 29.1 Å². The van der Waals surface area contributed by atoms with Gasteiger partial charge >= 0.3 is 0 Å². The summed E-state index contributed by atoms with van der Waals surface area (Å²) in [7, 11) is 0. The van der Waals surface area contributed by atoms with Gasteiger partial charge in [-0.2, -0.15) is 0 Å². The molecule has 1 saturated carbocycles. The largest absolute Gasteiger partial charge is 0.352 e. The summed E-state index contributed by atoms with van der Waals surface area (Å²) in [5.74, 6) is 0.157. The van der Waals surface area contributed by atoms with Crippen LogP contribution in [-0.4, -0.2) is 12.5 Å². The Bertz CT molecular complexity index is 430. The normalized spacial score (nSPS) is 15.9. The van der Waals surface area contributed by atoms with Crippen molar-refractivity contribution in [3.05, 3.63) is 34.1 Å². The lowest BCUT2D eigenvalue weighted by atomic mass is 10.0. The fourth-order valence-electron chi connectivity index (χ4n) is 2.43. The molecule has 1 aliphatic carbocycles. The van der Waals surface area contributed by atoms with Crippen molar-refractivity contribution in [3.8, 4) is 0 Å². The second kappa shape index (κ2) is 6.32. The van der Waals surface area contributed by atoms with Gasteiger partial charge < -0.3 is 5.32 Å². The van der Waals surface area contributed by atoms with Gasteiger partial charge in [0.05, 0.1) is 4.47 Å². The molecule has 2 nitrogen and oxygen atoms in total. The Labute approximate surface area is 115 Å². The molecule has 1 amide bonds. The minimum atomic E-state index is -0.404. The quantitative estimate of drug-likeness (QED) is 0.897. The molecule has 1 fully saturated rings. The first-order chi connectivity index (χ1) is 8.66. The molecule has 1 aromatic rings. The molecule has 0 atom stereocenters. The van der Waals surface area contributed by atoms with Crippen molar-refractivity contribution in [1.29, 1.82) is 0 Å². The van der Waals surface area contributed by atoms with Crippen LogP contribution in [0.25, 0.3) is 0 Å². The molecule has 1 N–H and O–H groups in total. The van der Waals surface area contributed by atoms with E-state index in [-0.39, 0.29) is 5.91 Å². The Hall–Kier alpha value is -0.900. The number of halogens is 2. The molecule has 18 heavy (non-hydrogen) atoms. The Morgan fingerprint density at radius 2 is 2.11 bits per heavy atom. The summed E-state index contributed by atoms with van der Waals surface area (Å²) >= 11 is 3.07. The Balaban J connectivity index is 1.81. The van der Waals surface area contributed by atoms with Crippen LogP contribution >= 0.6 is 15.9 Å². The third-order valence-corrected chi connectivity index (χ3v) is 4.14. The standard InChI is InChI=1S/C14H17BrFNO/c15-12-6-5-11(9-13(12)16)14(18)17-8-7-10-3-1-2-4-10/h5-6,9-10H,1-4,7-8H2,(H,17,18). The lowest BCUT2D eigenvalue weighted by molar-refractivity contribution is 0.0951. The molecule has 0 bridgehead atoms. The summed E-state index contributed by atoms with van der Waals surface area (Å²) in [6.07, 6.45) is 6.23. The molecule has 0 aromatic heterocycles. The van der Waals surface area contributed by atoms with E-state index in [0.717, 1.165) is 12.3 Å². The van der Waals surface area contributed by atoms with Gasteiger partial charge in [0.25, 0.3) is 5.91 Å². The molecule has 2 rings (SSSR count). The first-order valence-electron chi connectivity index (χ1n) is 6.40. The van der Waals surface area contributed by atoms with Gasteiger partial charge in [0.2, 0.25) is 0 Å². The van der Waals surface area contributed by atoms with Gasteiger partial charge in [-0.15, -0.1) is 0 Å². The van der Waals surface area contributed by atoms with E-state index in [9.17, 15) is 9.18 Å². The highest BCUT2D eigenvalue weighted by molar-refractivity contribution is 9.10. The molecule has 4 heteroatoms. The maximum atomic E-state index is 13.3. The Morgan fingerprint density at radius 1 is 1.39 bits per heavy atom. The SMILES string of the molecule is O=C(NCCC1CCCC1)c1ccc(Br)c(F)c1. The minimum absolute atomic E-state index is 0.195. The number of benzene rings is 1. The van der Waals surface area contributed by atoms with Crippen LogP contribution in [0.4, 0.5) is 4.39 Å². The van der Waals surface area contributed by atoms with Crippen LogP contribution < -0.4 is 5.32 Å². The minimum Gasteiger partial charge on any atom is -0.352 e. The van der Waals surface area contributed by atoms with Crippen molar-refractivity contribution in [1.82, 2.24) is 5.32 Å². The van der Waals surface area contributed by atoms with E-state index in [1.807, 2.05) is 0 Å². The molecule has 0 heterocycles. The third-order valence-electron chi connectivity index (χ3n) is 3.49. The second-order valence-corrected chi connectivity index (χ2v) is 5.68. The van der Waals surface area contributed by atoms with Gasteiger partial charge in [-0.1, -0.05) is 25.7 Å². The highest BCUT2D eigenvalue weighted by Crippen LogP contribution is 2.26. The van der Waals surface area contributed by atoms with E-state index in [4.69, 9.17) is 0 Å². The van der Waals surface area contributed by atoms with Crippen molar-refractivity contribution in [2.75, 3.05) is 6.54 Å². The molecule has 98 valence electrons. The highest BCUT2D eigenvalue weighted by Gasteiger charge is 2.15. The third kappa shape index (κ3) is 3.55. The van der Waals surface area contributed by atoms with E-state index >= 15 is 0 Å². The molecule has 0 aliphatic heterocycles. The average molecular weight is 314 g/mol. The number of carbonyl (C=O) groups is 1. The molecular weight excluding hydrogens is 297 g/mol. The van der Waals surface area contributed by atoms with E-state index < -0.39 is 5.82 Å². The van der Waals surface area contributed by atoms with Crippen LogP contribution in [0, 0.1) is 11.7 Å². The predicted molar refractivity (Wildman–Crippen MR) is 73.0 cm³/mol. The molecule has 0 radical (unpaired) electrons. The van der Waals surface area contributed by atoms with Crippen molar-refractivity contribution in [2.45, 2.75) is 32.1 Å². The van der Waals surface area contributed by atoms with Gasteiger partial charge in [-0.05, 0) is 46.5 Å². The van der Waals surface area contributed by atoms with Crippen molar-refractivity contribution >= 4 is 21.8 Å². The number of carbonyl (C=O) groups excluding carboxylic acids is 1. The number of nitrogens with one attached hydrogen (secondary N) is 1. The summed E-state index contributed by atoms with van der Waals surface area (Å²) in [5.41, 5.74) is 0.377. The first-order valence-corrected chi connectivity index (χ1v) is 7.19. The number of amides is 1. The second-order valence-electron chi connectivity index (χ2n) is 4.82. The molecular formula is C14H17BrFNO. The number of rotatable bonds is 4. The molecule has 1 aromatic carbocycles. The molecule has 0 unspecified atom stereocenters. The van der Waals surface area contributed by atoms with Crippen LogP contribution in [0.1, 0.15) is 42.5 Å². The lowest BCUT2D eigenvalue weighted by Crippen LogP contribution is -2.25. The highest BCUT2D eigenvalue weighted by atomic mass is 79.9. The van der Waals surface area contributed by atoms with Crippen LogP contribution in [0.2, 0.25) is 0 Å². The number of hydrogen-bond acceptors (Lipinski definition) is 1. The van der Waals surface area contributed by atoms with E-state index in [0.29, 0.717) is 16.6 Å². The van der Waals surface area contributed by atoms with E-state index in [2.05, 4.69) is 21.2 Å². The smallest absolute Gasteiger partial charge is 0.251 e. The average Bonchev–Trinajstić information content (AvgIpc) is 2.85. The van der Waals surface area contributed by atoms with Crippen molar-refractivity contribution in [3.63, 3.8) is 0 Å². The fourth-order valence-corrected chi connectivity index (χ4v) is 2.67. The maximum absolute atomic E-state index is 13.3.